The van der Waals surface area contributed by atoms with Crippen molar-refractivity contribution in [3.8, 4) is 0 Å². The van der Waals surface area contributed by atoms with Crippen molar-refractivity contribution in [1.29, 1.82) is 0 Å². The number of nitrogens with zero attached hydrogens (tertiary/aromatic N) is 1. The molecule has 114 valence electrons. The van der Waals surface area contributed by atoms with Crippen molar-refractivity contribution in [3.05, 3.63) is 0 Å². The predicted molar refractivity (Wildman–Crippen MR) is 107 cm³/mol. The molecule has 0 fully saturated rings. The van der Waals surface area contributed by atoms with Gasteiger partial charge >= 0.3 is 0 Å². The van der Waals surface area contributed by atoms with Gasteiger partial charge in [-0.1, -0.05) is 95.5 Å². The molecule has 0 saturated carbocycles. The Morgan fingerprint density at radius 3 is 0.944 bits per heavy atom. The monoisotopic (exact) mass is 615 g/mol. The van der Waals surface area contributed by atoms with Crippen molar-refractivity contribution in [2.24, 2.45) is 0 Å². The Balaban J connectivity index is -0.000000392. The number of quaternary nitrogens is 1. The molecule has 0 spiro atoms. The van der Waals surface area contributed by atoms with Crippen LogP contribution in [0.15, 0.2) is 0 Å². The van der Waals surface area contributed by atoms with Gasteiger partial charge in [0, 0.05) is 0 Å². The summed E-state index contributed by atoms with van der Waals surface area (Å²) in [5, 5.41) is 0. The maximum atomic E-state index is 2.32. The first-order valence-corrected chi connectivity index (χ1v) is 10.5. The fourth-order valence-corrected chi connectivity index (χ4v) is 2.57. The van der Waals surface area contributed by atoms with E-state index in [1.165, 1.54) is 56.3 Å². The molecule has 0 amide bonds. The highest BCUT2D eigenvalue weighted by Gasteiger charge is 2.22. The standard InChI is InChI=1S/C12H28N.CHI3.ClH/c1-5-9-13(10-6-2,11-7-3)12-8-4;2-1(3)4;/h5-12H2,1-4H3;1H;1H/q+1;;/p-1. The molecular weight excluding hydrogens is 586 g/mol. The number of halogens is 4. The van der Waals surface area contributed by atoms with E-state index in [1.807, 2.05) is 0 Å². The van der Waals surface area contributed by atoms with E-state index < -0.39 is 0 Å². The quantitative estimate of drug-likeness (QED) is 0.224. The van der Waals surface area contributed by atoms with E-state index in [4.69, 9.17) is 0 Å². The molecule has 0 radical (unpaired) electrons. The normalized spacial score (nSPS) is 10.7. The molecule has 0 heterocycles. The van der Waals surface area contributed by atoms with Crippen molar-refractivity contribution in [1.82, 2.24) is 0 Å². The van der Waals surface area contributed by atoms with Gasteiger partial charge < -0.3 is 16.9 Å². The van der Waals surface area contributed by atoms with Gasteiger partial charge in [-0.25, -0.2) is 0 Å². The molecule has 0 aliphatic carbocycles. The Morgan fingerprint density at radius 1 is 0.667 bits per heavy atom. The molecule has 18 heavy (non-hydrogen) atoms. The minimum Gasteiger partial charge on any atom is -1.00 e. The third-order valence-corrected chi connectivity index (χ3v) is 2.79. The Morgan fingerprint density at radius 2 is 0.833 bits per heavy atom. The molecule has 5 heteroatoms. The molecular formula is C13H29ClI3N. The van der Waals surface area contributed by atoms with Gasteiger partial charge in [0.05, 0.1) is 26.2 Å². The molecule has 0 aromatic carbocycles. The summed E-state index contributed by atoms with van der Waals surface area (Å²) >= 11 is 6.95. The minimum absolute atomic E-state index is 0. The topological polar surface area (TPSA) is 0 Å². The molecule has 0 aromatic rings. The summed E-state index contributed by atoms with van der Waals surface area (Å²) in [4.78, 5) is 0. The Hall–Kier alpha value is 2.44. The van der Waals surface area contributed by atoms with E-state index >= 15 is 0 Å². The summed E-state index contributed by atoms with van der Waals surface area (Å²) in [7, 11) is 0. The van der Waals surface area contributed by atoms with Gasteiger partial charge in [0.2, 0.25) is 0 Å². The maximum Gasteiger partial charge on any atom is 0.114 e. The van der Waals surface area contributed by atoms with E-state index in [0.717, 1.165) is -0.0619 Å². The second-order valence-corrected chi connectivity index (χ2v) is 15.4. The molecule has 0 aromatic heterocycles. The third-order valence-electron chi connectivity index (χ3n) is 2.79. The van der Waals surface area contributed by atoms with Gasteiger partial charge in [0.15, 0.2) is 0 Å². The first kappa shape index (κ1) is 25.4. The highest BCUT2D eigenvalue weighted by molar-refractivity contribution is 14.3. The van der Waals surface area contributed by atoms with E-state index in [0.29, 0.717) is 0 Å². The average molecular weight is 616 g/mol. The molecule has 0 N–H and O–H groups in total. The minimum atomic E-state index is 0. The van der Waals surface area contributed by atoms with Crippen LogP contribution in [0.2, 0.25) is 0 Å². The van der Waals surface area contributed by atoms with Crippen molar-refractivity contribution in [2.75, 3.05) is 26.2 Å². The summed E-state index contributed by atoms with van der Waals surface area (Å²) in [6.45, 7) is 14.8. The summed E-state index contributed by atoms with van der Waals surface area (Å²) in [6.07, 6.45) is 5.33. The highest BCUT2D eigenvalue weighted by atomic mass is 127. The average Bonchev–Trinajstić information content (AvgIpc) is 2.18. The summed E-state index contributed by atoms with van der Waals surface area (Å²) in [5.41, 5.74) is 0. The van der Waals surface area contributed by atoms with Crippen LogP contribution in [0.5, 0.6) is 0 Å². The third kappa shape index (κ3) is 16.5. The van der Waals surface area contributed by atoms with Crippen LogP contribution < -0.4 is 12.4 Å². The zero-order chi connectivity index (χ0) is 13.7. The van der Waals surface area contributed by atoms with Crippen LogP contribution in [0.4, 0.5) is 0 Å². The maximum absolute atomic E-state index is 2.32. The first-order valence-electron chi connectivity index (χ1n) is 6.75. The van der Waals surface area contributed by atoms with Gasteiger partial charge in [-0.05, 0) is 25.7 Å². The summed E-state index contributed by atoms with van der Waals surface area (Å²) in [5.74, 6) is 0. The van der Waals surface area contributed by atoms with E-state index in [9.17, 15) is 0 Å². The van der Waals surface area contributed by atoms with Crippen molar-refractivity contribution in [3.63, 3.8) is 0 Å². The second kappa shape index (κ2) is 17.5. The molecule has 0 bridgehead atoms. The number of rotatable bonds is 8. The Kier molecular flexibility index (Phi) is 24.7. The second-order valence-electron chi connectivity index (χ2n) is 4.48. The molecule has 0 saturated heterocycles. The highest BCUT2D eigenvalue weighted by Crippen LogP contribution is 2.16. The van der Waals surface area contributed by atoms with Crippen LogP contribution in [0.25, 0.3) is 0 Å². The molecule has 1 nitrogen and oxygen atoms in total. The molecule has 0 aliphatic heterocycles. The van der Waals surface area contributed by atoms with Gasteiger partial charge in [-0.2, -0.15) is 0 Å². The smallest absolute Gasteiger partial charge is 0.114 e. The zero-order valence-electron chi connectivity index (χ0n) is 12.2. The van der Waals surface area contributed by atoms with Crippen LogP contribution in [-0.4, -0.2) is 30.6 Å². The zero-order valence-corrected chi connectivity index (χ0v) is 19.4. The first-order chi connectivity index (χ1) is 7.97. The molecule has 0 atom stereocenters. The number of alkyl halides is 3. The lowest BCUT2D eigenvalue weighted by Gasteiger charge is -2.38. The predicted octanol–water partition coefficient (Wildman–Crippen LogP) is 3.02. The van der Waals surface area contributed by atoms with E-state index in [-0.39, 0.29) is 12.4 Å². The van der Waals surface area contributed by atoms with E-state index in [2.05, 4.69) is 95.5 Å². The van der Waals surface area contributed by atoms with Crippen LogP contribution in [-0.2, 0) is 0 Å². The van der Waals surface area contributed by atoms with Crippen molar-refractivity contribution in [2.45, 2.75) is 53.3 Å². The lowest BCUT2D eigenvalue weighted by atomic mass is 10.2. The lowest BCUT2D eigenvalue weighted by Crippen LogP contribution is -3.00. The van der Waals surface area contributed by atoms with Crippen molar-refractivity contribution >= 4 is 67.8 Å². The Bertz CT molecular complexity index is 125. The van der Waals surface area contributed by atoms with Gasteiger partial charge in [-0.15, -0.1) is 0 Å². The molecule has 0 rings (SSSR count). The largest absolute Gasteiger partial charge is 1.00 e. The lowest BCUT2D eigenvalue weighted by molar-refractivity contribution is -0.928. The van der Waals surface area contributed by atoms with Crippen LogP contribution in [0.1, 0.15) is 53.4 Å². The van der Waals surface area contributed by atoms with Crippen LogP contribution >= 0.6 is 67.8 Å². The fourth-order valence-electron chi connectivity index (χ4n) is 2.57. The van der Waals surface area contributed by atoms with Crippen LogP contribution in [0.3, 0.4) is 0 Å². The SMILES string of the molecule is CCC[N+](CCC)(CCC)CCC.IC(I)I.[Cl-]. The van der Waals surface area contributed by atoms with Gasteiger partial charge in [0.25, 0.3) is 0 Å². The molecule has 0 aliphatic rings. The van der Waals surface area contributed by atoms with Crippen LogP contribution in [0, 0.1) is 0 Å². The Labute approximate surface area is 162 Å². The van der Waals surface area contributed by atoms with Gasteiger partial charge in [-0.3, -0.25) is 0 Å². The fraction of sp³-hybridized carbons (Fsp3) is 1.00. The summed E-state index contributed by atoms with van der Waals surface area (Å²) < 4.78 is 2.12. The summed E-state index contributed by atoms with van der Waals surface area (Å²) in [6, 6.07) is 0. The van der Waals surface area contributed by atoms with Crippen molar-refractivity contribution < 1.29 is 16.9 Å². The number of hydrogen-bond donors (Lipinski definition) is 0. The molecule has 0 unspecified atom stereocenters. The van der Waals surface area contributed by atoms with Gasteiger partial charge in [0.1, 0.15) is -0.0619 Å². The van der Waals surface area contributed by atoms with E-state index in [1.54, 1.807) is 0 Å². The number of hydrogen-bond acceptors (Lipinski definition) is 0.